The molecule has 0 radical (unpaired) electrons. The van der Waals surface area contributed by atoms with Crippen LogP contribution in [0.3, 0.4) is 0 Å². The number of nitrogens with zero attached hydrogens (tertiary/aromatic N) is 1. The highest BCUT2D eigenvalue weighted by molar-refractivity contribution is 6.30. The smallest absolute Gasteiger partial charge is 0.490 e. The number of benzene rings is 2. The molecule has 2 aromatic rings. The molecule has 37 heavy (non-hydrogen) atoms. The van der Waals surface area contributed by atoms with E-state index >= 15 is 0 Å². The summed E-state index contributed by atoms with van der Waals surface area (Å²) in [6.07, 6.45) is -1.10. The van der Waals surface area contributed by atoms with E-state index in [1.807, 2.05) is 20.9 Å². The van der Waals surface area contributed by atoms with E-state index in [-0.39, 0.29) is 28.5 Å². The molecule has 1 aliphatic rings. The predicted molar refractivity (Wildman–Crippen MR) is 135 cm³/mol. The van der Waals surface area contributed by atoms with Crippen LogP contribution in [0.25, 0.3) is 0 Å². The van der Waals surface area contributed by atoms with Crippen molar-refractivity contribution in [3.63, 3.8) is 0 Å². The van der Waals surface area contributed by atoms with Gasteiger partial charge in [0.15, 0.2) is 0 Å². The first kappa shape index (κ1) is 29.0. The predicted octanol–water partition coefficient (Wildman–Crippen LogP) is 7.07. The fourth-order valence-corrected chi connectivity index (χ4v) is 4.71. The second-order valence-corrected chi connectivity index (χ2v) is 9.85. The fraction of sp³-hybridized carbons (Fsp3) is 0.519. The molecule has 1 fully saturated rings. The van der Waals surface area contributed by atoms with Crippen molar-refractivity contribution in [1.82, 2.24) is 10.2 Å². The first-order valence-corrected chi connectivity index (χ1v) is 12.8. The number of rotatable bonds is 12. The molecule has 1 aliphatic carbocycles. The molecule has 0 bridgehead atoms. The van der Waals surface area contributed by atoms with Crippen molar-refractivity contribution in [3.05, 3.63) is 57.9 Å². The van der Waals surface area contributed by atoms with E-state index in [4.69, 9.17) is 16.3 Å². The molecule has 0 heterocycles. The number of hydrogen-bond acceptors (Lipinski definition) is 4. The van der Waals surface area contributed by atoms with Crippen LogP contribution < -0.4 is 14.8 Å². The van der Waals surface area contributed by atoms with Gasteiger partial charge in [-0.25, -0.2) is 4.39 Å². The standard InChI is InChI=1S/C27H33ClF4N2O3/c1-5-19(12-20(6-2)36-21-10-18(28)11-22(13-21)37-27(30,31)32)34(4)15-17-9-25(29)24(26(35)33-3)14-23(17)16-7-8-16/h9-11,13-14,16,19-20H,5-8,12,15H2,1-4H3,(H,33,35)/t19-,20-/m0/s1. The third-order valence-electron chi connectivity index (χ3n) is 6.60. The van der Waals surface area contributed by atoms with Crippen LogP contribution in [0.1, 0.15) is 73.4 Å². The van der Waals surface area contributed by atoms with Crippen molar-refractivity contribution >= 4 is 17.5 Å². The normalized spacial score (nSPS) is 15.4. The minimum atomic E-state index is -4.83. The third-order valence-corrected chi connectivity index (χ3v) is 6.82. The van der Waals surface area contributed by atoms with Crippen molar-refractivity contribution in [2.45, 2.75) is 76.9 Å². The van der Waals surface area contributed by atoms with Crippen LogP contribution >= 0.6 is 11.6 Å². The van der Waals surface area contributed by atoms with E-state index in [0.717, 1.165) is 36.5 Å². The van der Waals surface area contributed by atoms with Gasteiger partial charge in [-0.2, -0.15) is 0 Å². The summed E-state index contributed by atoms with van der Waals surface area (Å²) in [6, 6.07) is 6.90. The number of alkyl halides is 3. The third kappa shape index (κ3) is 8.23. The fourth-order valence-electron chi connectivity index (χ4n) is 4.50. The average Bonchev–Trinajstić information content (AvgIpc) is 3.65. The van der Waals surface area contributed by atoms with E-state index < -0.39 is 23.8 Å². The number of nitrogens with one attached hydrogen (secondary N) is 1. The van der Waals surface area contributed by atoms with Crippen molar-refractivity contribution in [2.75, 3.05) is 14.1 Å². The summed E-state index contributed by atoms with van der Waals surface area (Å²) in [7, 11) is 3.43. The molecular formula is C27H33ClF4N2O3. The molecule has 1 saturated carbocycles. The molecule has 2 aromatic carbocycles. The Kier molecular flexibility index (Phi) is 9.69. The summed E-state index contributed by atoms with van der Waals surface area (Å²) in [5.74, 6) is -0.913. The monoisotopic (exact) mass is 544 g/mol. The van der Waals surface area contributed by atoms with E-state index in [1.165, 1.54) is 25.2 Å². The van der Waals surface area contributed by atoms with Crippen LogP contribution in [0.4, 0.5) is 17.6 Å². The van der Waals surface area contributed by atoms with Crippen molar-refractivity contribution in [1.29, 1.82) is 0 Å². The van der Waals surface area contributed by atoms with Gasteiger partial charge in [-0.15, -0.1) is 13.2 Å². The summed E-state index contributed by atoms with van der Waals surface area (Å²) >= 11 is 5.99. The lowest BCUT2D eigenvalue weighted by atomic mass is 9.97. The maximum atomic E-state index is 14.8. The first-order chi connectivity index (χ1) is 17.4. The van der Waals surface area contributed by atoms with Gasteiger partial charge in [0.2, 0.25) is 0 Å². The minimum Gasteiger partial charge on any atom is -0.490 e. The summed E-state index contributed by atoms with van der Waals surface area (Å²) in [4.78, 5) is 14.2. The van der Waals surface area contributed by atoms with E-state index in [0.29, 0.717) is 25.3 Å². The number of ether oxygens (including phenoxy) is 2. The molecule has 0 aromatic heterocycles. The Hall–Kier alpha value is -2.52. The summed E-state index contributed by atoms with van der Waals surface area (Å²) in [5.41, 5.74) is 1.91. The molecule has 5 nitrogen and oxygen atoms in total. The Morgan fingerprint density at radius 2 is 1.81 bits per heavy atom. The number of hydrogen-bond donors (Lipinski definition) is 1. The lowest BCUT2D eigenvalue weighted by molar-refractivity contribution is -0.274. The van der Waals surface area contributed by atoms with Crippen molar-refractivity contribution in [3.8, 4) is 11.5 Å². The van der Waals surface area contributed by atoms with Crippen molar-refractivity contribution < 1.29 is 31.8 Å². The van der Waals surface area contributed by atoms with Gasteiger partial charge in [0.25, 0.3) is 5.91 Å². The zero-order chi connectivity index (χ0) is 27.3. The largest absolute Gasteiger partial charge is 0.573 e. The second-order valence-electron chi connectivity index (χ2n) is 9.42. The lowest BCUT2D eigenvalue weighted by Gasteiger charge is -2.31. The van der Waals surface area contributed by atoms with Crippen LogP contribution in [0.2, 0.25) is 5.02 Å². The molecule has 0 aliphatic heterocycles. The van der Waals surface area contributed by atoms with Crippen LogP contribution in [0, 0.1) is 5.82 Å². The Bertz CT molecular complexity index is 1090. The molecule has 1 N–H and O–H groups in total. The SMILES string of the molecule is CC[C@@H](C[C@H](CC)N(C)Cc1cc(F)c(C(=O)NC)cc1C1CC1)Oc1cc(Cl)cc(OC(F)(F)F)c1. The lowest BCUT2D eigenvalue weighted by Crippen LogP contribution is -2.35. The Morgan fingerprint density at radius 1 is 1.14 bits per heavy atom. The van der Waals surface area contributed by atoms with Gasteiger partial charge in [-0.1, -0.05) is 25.4 Å². The molecule has 1 amide bonds. The summed E-state index contributed by atoms with van der Waals surface area (Å²) in [5, 5.41) is 2.56. The van der Waals surface area contributed by atoms with E-state index in [2.05, 4.69) is 15.0 Å². The minimum absolute atomic E-state index is 0.0534. The molecule has 0 unspecified atom stereocenters. The summed E-state index contributed by atoms with van der Waals surface area (Å²) in [6.45, 7) is 4.47. The highest BCUT2D eigenvalue weighted by atomic mass is 35.5. The number of carbonyl (C=O) groups is 1. The first-order valence-electron chi connectivity index (χ1n) is 12.4. The van der Waals surface area contributed by atoms with Crippen LogP contribution in [-0.4, -0.2) is 43.4 Å². The van der Waals surface area contributed by atoms with Crippen LogP contribution in [0.5, 0.6) is 11.5 Å². The molecular weight excluding hydrogens is 512 g/mol. The zero-order valence-electron chi connectivity index (χ0n) is 21.4. The molecule has 10 heteroatoms. The van der Waals surface area contributed by atoms with Gasteiger partial charge in [0, 0.05) is 30.7 Å². The molecule has 2 atom stereocenters. The molecule has 0 saturated heterocycles. The maximum Gasteiger partial charge on any atom is 0.573 e. The van der Waals surface area contributed by atoms with Gasteiger partial charge in [-0.3, -0.25) is 9.69 Å². The average molecular weight is 545 g/mol. The zero-order valence-corrected chi connectivity index (χ0v) is 22.2. The molecule has 204 valence electrons. The van der Waals surface area contributed by atoms with E-state index in [9.17, 15) is 22.4 Å². The van der Waals surface area contributed by atoms with Gasteiger partial charge in [0.05, 0.1) is 11.7 Å². The number of halogens is 5. The van der Waals surface area contributed by atoms with Gasteiger partial charge < -0.3 is 14.8 Å². The number of amides is 1. The number of carbonyl (C=O) groups excluding carboxylic acids is 1. The second kappa shape index (κ2) is 12.3. The van der Waals surface area contributed by atoms with Crippen LogP contribution in [-0.2, 0) is 6.54 Å². The van der Waals surface area contributed by atoms with Gasteiger partial charge in [-0.05, 0) is 80.5 Å². The Labute approximate surface area is 220 Å². The highest BCUT2D eigenvalue weighted by Gasteiger charge is 2.32. The Morgan fingerprint density at radius 3 is 2.38 bits per heavy atom. The van der Waals surface area contributed by atoms with Crippen LogP contribution in [0.15, 0.2) is 30.3 Å². The Balaban J connectivity index is 1.73. The quantitative estimate of drug-likeness (QED) is 0.290. The topological polar surface area (TPSA) is 50.8 Å². The highest BCUT2D eigenvalue weighted by Crippen LogP contribution is 2.43. The molecule has 0 spiro atoms. The van der Waals surface area contributed by atoms with Gasteiger partial charge in [0.1, 0.15) is 17.3 Å². The van der Waals surface area contributed by atoms with E-state index in [1.54, 1.807) is 6.07 Å². The van der Waals surface area contributed by atoms with Gasteiger partial charge >= 0.3 is 6.36 Å². The summed E-state index contributed by atoms with van der Waals surface area (Å²) < 4.78 is 62.7. The maximum absolute atomic E-state index is 14.8. The van der Waals surface area contributed by atoms with Crippen molar-refractivity contribution in [2.24, 2.45) is 0 Å². The molecule has 3 rings (SSSR count).